The van der Waals surface area contributed by atoms with Crippen LogP contribution in [0.25, 0.3) is 17.1 Å². The molecule has 6 nitrogen and oxygen atoms in total. The number of hydrogen-bond acceptors (Lipinski definition) is 5. The van der Waals surface area contributed by atoms with E-state index in [9.17, 15) is 17.6 Å². The highest BCUT2D eigenvalue weighted by Crippen LogP contribution is 2.25. The van der Waals surface area contributed by atoms with Crippen molar-refractivity contribution < 1.29 is 17.2 Å². The first kappa shape index (κ1) is 16.1. The lowest BCUT2D eigenvalue weighted by atomic mass is 10.1. The molecule has 2 heterocycles. The minimum Gasteiger partial charge on any atom is -0.415 e. The van der Waals surface area contributed by atoms with E-state index in [2.05, 4.69) is 4.98 Å². The van der Waals surface area contributed by atoms with Crippen molar-refractivity contribution in [3.8, 4) is 17.1 Å². The van der Waals surface area contributed by atoms with E-state index in [1.807, 2.05) is 0 Å². The molecular weight excluding hydrogens is 335 g/mol. The summed E-state index contributed by atoms with van der Waals surface area (Å²) in [5, 5.41) is 0. The van der Waals surface area contributed by atoms with E-state index in [1.54, 1.807) is 25.1 Å². The zero-order valence-corrected chi connectivity index (χ0v) is 13.7. The molecule has 3 aromatic rings. The molecule has 8 heteroatoms. The number of pyridine rings is 1. The predicted molar refractivity (Wildman–Crippen MR) is 85.3 cm³/mol. The van der Waals surface area contributed by atoms with Gasteiger partial charge in [0.25, 0.3) is 0 Å². The molecule has 0 radical (unpaired) electrons. The molecule has 0 fully saturated rings. The fraction of sp³-hybridized carbons (Fsp3) is 0.125. The molecule has 0 spiro atoms. The van der Waals surface area contributed by atoms with Crippen LogP contribution in [0.3, 0.4) is 0 Å². The van der Waals surface area contributed by atoms with Gasteiger partial charge in [-0.05, 0) is 31.2 Å². The molecule has 0 N–H and O–H groups in total. The molecule has 0 saturated heterocycles. The molecule has 0 saturated carbocycles. The number of hydrogen-bond donors (Lipinski definition) is 0. The molecule has 124 valence electrons. The summed E-state index contributed by atoms with van der Waals surface area (Å²) in [5.74, 6) is -1.24. The summed E-state index contributed by atoms with van der Waals surface area (Å²) in [5.41, 5.74) is 1.27. The predicted octanol–water partition coefficient (Wildman–Crippen LogP) is 2.34. The van der Waals surface area contributed by atoms with Gasteiger partial charge in [0.2, 0.25) is 0 Å². The smallest absolute Gasteiger partial charge is 0.415 e. The topological polar surface area (TPSA) is 82.2 Å². The van der Waals surface area contributed by atoms with Crippen LogP contribution in [0.1, 0.15) is 5.69 Å². The summed E-state index contributed by atoms with van der Waals surface area (Å²) in [7, 11) is -3.67. The van der Waals surface area contributed by atoms with Crippen LogP contribution < -0.4 is 5.76 Å². The standard InChI is InChI=1S/C16H13FN2O4S/c1-10-4-3-5-15(18-10)19-13(9-23-16(19)20)11-6-7-14(12(17)8-11)24(2,21)22/h3-9H,1-2H3. The molecule has 0 bridgehead atoms. The first-order valence-corrected chi connectivity index (χ1v) is 8.81. The molecular formula is C16H13FN2O4S. The van der Waals surface area contributed by atoms with Gasteiger partial charge in [-0.1, -0.05) is 12.1 Å². The van der Waals surface area contributed by atoms with Crippen LogP contribution in [0.2, 0.25) is 0 Å². The van der Waals surface area contributed by atoms with Crippen LogP contribution >= 0.6 is 0 Å². The third kappa shape index (κ3) is 2.88. The SMILES string of the molecule is Cc1cccc(-n2c(-c3ccc(S(C)(=O)=O)c(F)c3)coc2=O)n1. The number of nitrogens with zero attached hydrogens (tertiary/aromatic N) is 2. The lowest BCUT2D eigenvalue weighted by Gasteiger charge is -2.07. The number of rotatable bonds is 3. The quantitative estimate of drug-likeness (QED) is 0.726. The number of aryl methyl sites for hydroxylation is 1. The maximum absolute atomic E-state index is 14.1. The van der Waals surface area contributed by atoms with Gasteiger partial charge in [-0.15, -0.1) is 0 Å². The molecule has 1 aromatic carbocycles. The molecule has 0 amide bonds. The zero-order valence-electron chi connectivity index (χ0n) is 12.9. The minimum absolute atomic E-state index is 0.275. The highest BCUT2D eigenvalue weighted by atomic mass is 32.2. The summed E-state index contributed by atoms with van der Waals surface area (Å²) in [4.78, 5) is 15.9. The van der Waals surface area contributed by atoms with E-state index in [1.165, 1.54) is 16.9 Å². The lowest BCUT2D eigenvalue weighted by molar-refractivity contribution is 0.503. The van der Waals surface area contributed by atoms with Gasteiger partial charge >= 0.3 is 5.76 Å². The van der Waals surface area contributed by atoms with Crippen LogP contribution in [0.4, 0.5) is 4.39 Å². The zero-order chi connectivity index (χ0) is 17.5. The van der Waals surface area contributed by atoms with Crippen LogP contribution in [-0.4, -0.2) is 24.2 Å². The fourth-order valence-electron chi connectivity index (χ4n) is 2.34. The van der Waals surface area contributed by atoms with Gasteiger partial charge in [0.1, 0.15) is 22.8 Å². The second-order valence-electron chi connectivity index (χ2n) is 5.28. The van der Waals surface area contributed by atoms with Crippen molar-refractivity contribution in [3.63, 3.8) is 0 Å². The molecule has 0 aliphatic carbocycles. The summed E-state index contributed by atoms with van der Waals surface area (Å²) in [6.45, 7) is 1.77. The van der Waals surface area contributed by atoms with Gasteiger partial charge in [-0.3, -0.25) is 0 Å². The minimum atomic E-state index is -3.67. The molecule has 0 aliphatic rings. The average Bonchev–Trinajstić information content (AvgIpc) is 2.87. The van der Waals surface area contributed by atoms with Crippen molar-refractivity contribution >= 4 is 9.84 Å². The highest BCUT2D eigenvalue weighted by Gasteiger charge is 2.18. The summed E-state index contributed by atoms with van der Waals surface area (Å²) in [6, 6.07) is 8.74. The summed E-state index contributed by atoms with van der Waals surface area (Å²) in [6.07, 6.45) is 2.11. The number of sulfone groups is 1. The summed E-state index contributed by atoms with van der Waals surface area (Å²) < 4.78 is 43.2. The van der Waals surface area contributed by atoms with Gasteiger partial charge < -0.3 is 4.42 Å². The Kier molecular flexibility index (Phi) is 3.84. The van der Waals surface area contributed by atoms with Crippen molar-refractivity contribution in [2.75, 3.05) is 6.26 Å². The lowest BCUT2D eigenvalue weighted by Crippen LogP contribution is -2.15. The van der Waals surface area contributed by atoms with Crippen molar-refractivity contribution in [2.24, 2.45) is 0 Å². The fourth-order valence-corrected chi connectivity index (χ4v) is 3.07. The van der Waals surface area contributed by atoms with E-state index >= 15 is 0 Å². The second-order valence-corrected chi connectivity index (χ2v) is 7.26. The van der Waals surface area contributed by atoms with E-state index < -0.39 is 26.3 Å². The first-order chi connectivity index (χ1) is 11.3. The highest BCUT2D eigenvalue weighted by molar-refractivity contribution is 7.90. The first-order valence-electron chi connectivity index (χ1n) is 6.92. The molecule has 3 rings (SSSR count). The Balaban J connectivity index is 2.19. The number of oxazole rings is 1. The maximum Gasteiger partial charge on any atom is 0.425 e. The van der Waals surface area contributed by atoms with Gasteiger partial charge in [-0.2, -0.15) is 0 Å². The molecule has 0 aliphatic heterocycles. The van der Waals surface area contributed by atoms with Crippen molar-refractivity contribution in [3.05, 3.63) is 64.7 Å². The van der Waals surface area contributed by atoms with E-state index in [4.69, 9.17) is 4.42 Å². The Labute approximate surface area is 137 Å². The summed E-state index contributed by atoms with van der Waals surface area (Å²) >= 11 is 0. The second kappa shape index (κ2) is 5.72. The Hall–Kier alpha value is -2.74. The Morgan fingerprint density at radius 2 is 1.96 bits per heavy atom. The Bertz CT molecular complexity index is 1080. The van der Waals surface area contributed by atoms with Crippen molar-refractivity contribution in [1.82, 2.24) is 9.55 Å². The molecule has 2 aromatic heterocycles. The monoisotopic (exact) mass is 348 g/mol. The average molecular weight is 348 g/mol. The largest absolute Gasteiger partial charge is 0.425 e. The van der Waals surface area contributed by atoms with Gasteiger partial charge in [0, 0.05) is 17.5 Å². The number of aromatic nitrogens is 2. The van der Waals surface area contributed by atoms with Crippen molar-refractivity contribution in [1.29, 1.82) is 0 Å². The number of halogens is 1. The third-order valence-electron chi connectivity index (χ3n) is 3.42. The molecule has 0 atom stereocenters. The third-order valence-corrected chi connectivity index (χ3v) is 4.55. The van der Waals surface area contributed by atoms with E-state index in [-0.39, 0.29) is 5.69 Å². The van der Waals surface area contributed by atoms with Gasteiger partial charge in [0.05, 0.1) is 5.69 Å². The van der Waals surface area contributed by atoms with Crippen LogP contribution in [-0.2, 0) is 9.84 Å². The van der Waals surface area contributed by atoms with Crippen molar-refractivity contribution in [2.45, 2.75) is 11.8 Å². The van der Waals surface area contributed by atoms with E-state index in [0.29, 0.717) is 17.1 Å². The van der Waals surface area contributed by atoms with Gasteiger partial charge in [0.15, 0.2) is 9.84 Å². The van der Waals surface area contributed by atoms with E-state index in [0.717, 1.165) is 18.4 Å². The maximum atomic E-state index is 14.1. The molecule has 24 heavy (non-hydrogen) atoms. The molecule has 0 unspecified atom stereocenters. The normalized spacial score (nSPS) is 11.6. The Morgan fingerprint density at radius 3 is 2.58 bits per heavy atom. The number of benzene rings is 1. The van der Waals surface area contributed by atoms with Gasteiger partial charge in [-0.25, -0.2) is 27.2 Å². The van der Waals surface area contributed by atoms with Crippen LogP contribution in [0.15, 0.2) is 56.8 Å². The van der Waals surface area contributed by atoms with Crippen LogP contribution in [0.5, 0.6) is 0 Å². The Morgan fingerprint density at radius 1 is 1.21 bits per heavy atom. The van der Waals surface area contributed by atoms with Crippen LogP contribution in [0, 0.1) is 12.7 Å².